The molecule has 0 saturated heterocycles. The summed E-state index contributed by atoms with van der Waals surface area (Å²) < 4.78 is 10.5. The molecule has 2 N–H and O–H groups in total. The zero-order valence-electron chi connectivity index (χ0n) is 28.2. The minimum Gasteiger partial charge on any atom is -0.463 e. The summed E-state index contributed by atoms with van der Waals surface area (Å²) >= 11 is 0. The highest BCUT2D eigenvalue weighted by molar-refractivity contribution is 5.93. The number of nitrogens with one attached hydrogen (secondary N) is 2. The number of rotatable bonds is 12. The predicted molar refractivity (Wildman–Crippen MR) is 174 cm³/mol. The lowest BCUT2D eigenvalue weighted by molar-refractivity contribution is -0.161. The van der Waals surface area contributed by atoms with Gasteiger partial charge in [0.2, 0.25) is 17.4 Å². The van der Waals surface area contributed by atoms with E-state index in [1.165, 1.54) is 13.8 Å². The van der Waals surface area contributed by atoms with E-state index >= 15 is 0 Å². The van der Waals surface area contributed by atoms with Gasteiger partial charge in [-0.15, -0.1) is 0 Å². The third-order valence-electron chi connectivity index (χ3n) is 7.41. The van der Waals surface area contributed by atoms with Crippen molar-refractivity contribution in [2.45, 2.75) is 99.4 Å². The second-order valence-electron chi connectivity index (χ2n) is 13.4. The van der Waals surface area contributed by atoms with Crippen LogP contribution in [0.4, 0.5) is 4.79 Å². The number of carbonyl (C=O) groups excluding carboxylic acids is 4. The first kappa shape index (κ1) is 36.3. The number of fused-ring (bicyclic) bond motifs is 1. The number of hydrogen-bond acceptors (Lipinski definition) is 6. The van der Waals surface area contributed by atoms with E-state index in [9.17, 15) is 19.2 Å². The van der Waals surface area contributed by atoms with Crippen molar-refractivity contribution in [1.29, 1.82) is 0 Å². The second kappa shape index (κ2) is 15.2. The van der Waals surface area contributed by atoms with Gasteiger partial charge in [-0.3, -0.25) is 9.59 Å². The van der Waals surface area contributed by atoms with Crippen LogP contribution in [0.15, 0.2) is 54.1 Å². The van der Waals surface area contributed by atoms with Crippen molar-refractivity contribution in [3.05, 3.63) is 59.7 Å². The molecule has 0 aliphatic carbocycles. The van der Waals surface area contributed by atoms with Crippen LogP contribution in [0.3, 0.4) is 0 Å². The summed E-state index contributed by atoms with van der Waals surface area (Å²) in [5.74, 6) is -1.35. The summed E-state index contributed by atoms with van der Waals surface area (Å²) in [5.41, 5.74) is -0.316. The van der Waals surface area contributed by atoms with Crippen LogP contribution in [0.5, 0.6) is 0 Å². The molecule has 0 aliphatic heterocycles. The quantitative estimate of drug-likeness (QED) is 0.232. The molecule has 0 heterocycles. The minimum absolute atomic E-state index is 0.120. The highest BCUT2D eigenvalue weighted by atomic mass is 16.6. The van der Waals surface area contributed by atoms with E-state index in [0.717, 1.165) is 21.9 Å². The van der Waals surface area contributed by atoms with Gasteiger partial charge in [0.25, 0.3) is 0 Å². The summed E-state index contributed by atoms with van der Waals surface area (Å²) in [4.78, 5) is 55.2. The van der Waals surface area contributed by atoms with Crippen molar-refractivity contribution in [3.63, 3.8) is 0 Å². The molecule has 9 nitrogen and oxygen atoms in total. The molecule has 0 aromatic heterocycles. The first-order valence-corrected chi connectivity index (χ1v) is 15.2. The molecule has 2 aromatic rings. The van der Waals surface area contributed by atoms with Crippen LogP contribution in [-0.2, 0) is 30.3 Å². The Balaban J connectivity index is 2.46. The maximum absolute atomic E-state index is 14.0. The van der Waals surface area contributed by atoms with Crippen molar-refractivity contribution >= 4 is 34.6 Å². The third kappa shape index (κ3) is 9.82. The van der Waals surface area contributed by atoms with Gasteiger partial charge in [0.15, 0.2) is 0 Å². The summed E-state index contributed by atoms with van der Waals surface area (Å²) in [6.07, 6.45) is 1.22. The molecule has 0 fully saturated rings. The standard InChI is InChI=1S/C35H51N3O6/c1-12-43-32(41)35(9,10)44-33(42)36-27(21-25-18-15-17-24-16-13-14-19-26(24)25)30(39)37-29(34(6,7)8)31(40)38(11)28(23(4)5)20-22(2)3/h13-20,23,27-29H,12,21H2,1-11H3,(H,36,42)(H,37,39)/t27-,28+,29+/m0/s1. The first-order valence-electron chi connectivity index (χ1n) is 15.2. The molecule has 242 valence electrons. The Morgan fingerprint density at radius 3 is 2.11 bits per heavy atom. The van der Waals surface area contributed by atoms with Gasteiger partial charge < -0.3 is 25.0 Å². The van der Waals surface area contributed by atoms with E-state index in [2.05, 4.69) is 16.7 Å². The molecule has 0 unspecified atom stereocenters. The average Bonchev–Trinajstić information content (AvgIpc) is 2.92. The molecule has 0 radical (unpaired) electrons. The lowest BCUT2D eigenvalue weighted by atomic mass is 9.84. The summed E-state index contributed by atoms with van der Waals surface area (Å²) in [6, 6.07) is 11.3. The van der Waals surface area contributed by atoms with Crippen LogP contribution in [0.2, 0.25) is 0 Å². The van der Waals surface area contributed by atoms with Crippen molar-refractivity contribution in [3.8, 4) is 0 Å². The highest BCUT2D eigenvalue weighted by Gasteiger charge is 2.39. The fraction of sp³-hybridized carbons (Fsp3) is 0.543. The van der Waals surface area contributed by atoms with E-state index in [1.54, 1.807) is 18.9 Å². The zero-order valence-corrected chi connectivity index (χ0v) is 28.2. The van der Waals surface area contributed by atoms with E-state index in [4.69, 9.17) is 9.47 Å². The van der Waals surface area contributed by atoms with Gasteiger partial charge in [0, 0.05) is 13.5 Å². The zero-order chi connectivity index (χ0) is 33.4. The van der Waals surface area contributed by atoms with Crippen LogP contribution in [-0.4, -0.2) is 66.2 Å². The molecule has 44 heavy (non-hydrogen) atoms. The lowest BCUT2D eigenvalue weighted by Gasteiger charge is -2.38. The van der Waals surface area contributed by atoms with Gasteiger partial charge in [-0.2, -0.15) is 0 Å². The SMILES string of the molecule is CCOC(=O)C(C)(C)OC(=O)N[C@@H](Cc1cccc2ccccc12)C(=O)N[C@H](C(=O)N(C)[C@H](C=C(C)C)C(C)C)C(C)(C)C. The van der Waals surface area contributed by atoms with E-state index in [1.807, 2.05) is 90.9 Å². The van der Waals surface area contributed by atoms with Gasteiger partial charge in [0.1, 0.15) is 12.1 Å². The largest absolute Gasteiger partial charge is 0.463 e. The van der Waals surface area contributed by atoms with E-state index < -0.39 is 41.1 Å². The van der Waals surface area contributed by atoms with Crippen molar-refractivity contribution in [1.82, 2.24) is 15.5 Å². The molecular formula is C35H51N3O6. The Bertz CT molecular complexity index is 1350. The fourth-order valence-corrected chi connectivity index (χ4v) is 4.98. The number of carbonyl (C=O) groups is 4. The number of likely N-dealkylation sites (N-methyl/N-ethyl adjacent to an activating group) is 1. The Labute approximate surface area is 262 Å². The summed E-state index contributed by atoms with van der Waals surface area (Å²) in [5, 5.41) is 7.53. The number of nitrogens with zero attached hydrogens (tertiary/aromatic N) is 1. The number of allylic oxidation sites excluding steroid dienone is 1. The van der Waals surface area contributed by atoms with Crippen LogP contribution < -0.4 is 10.6 Å². The lowest BCUT2D eigenvalue weighted by Crippen LogP contribution is -2.60. The van der Waals surface area contributed by atoms with Crippen LogP contribution in [0.1, 0.15) is 74.8 Å². The predicted octanol–water partition coefficient (Wildman–Crippen LogP) is 5.80. The minimum atomic E-state index is -1.58. The molecule has 9 heteroatoms. The second-order valence-corrected chi connectivity index (χ2v) is 13.4. The van der Waals surface area contributed by atoms with Crippen molar-refractivity contribution < 1.29 is 28.7 Å². The molecule has 2 rings (SSSR count). The molecule has 0 bridgehead atoms. The summed E-state index contributed by atoms with van der Waals surface area (Å²) in [6.45, 7) is 18.4. The van der Waals surface area contributed by atoms with Crippen molar-refractivity contribution in [2.75, 3.05) is 13.7 Å². The average molecular weight is 610 g/mol. The number of benzene rings is 2. The molecule has 0 spiro atoms. The van der Waals surface area contributed by atoms with E-state index in [-0.39, 0.29) is 30.9 Å². The monoisotopic (exact) mass is 609 g/mol. The van der Waals surface area contributed by atoms with Gasteiger partial charge in [-0.05, 0) is 62.3 Å². The summed E-state index contributed by atoms with van der Waals surface area (Å²) in [7, 11) is 1.75. The normalized spacial score (nSPS) is 13.8. The fourth-order valence-electron chi connectivity index (χ4n) is 4.98. The Morgan fingerprint density at radius 2 is 1.55 bits per heavy atom. The molecular weight excluding hydrogens is 558 g/mol. The number of amides is 3. The molecule has 2 aromatic carbocycles. The number of alkyl carbamates (subject to hydrolysis) is 1. The molecule has 0 aliphatic rings. The van der Waals surface area contributed by atoms with Gasteiger partial charge >= 0.3 is 12.1 Å². The molecule has 3 atom stereocenters. The van der Waals surface area contributed by atoms with Crippen LogP contribution >= 0.6 is 0 Å². The van der Waals surface area contributed by atoms with Crippen molar-refractivity contribution in [2.24, 2.45) is 11.3 Å². The maximum atomic E-state index is 14.0. The Morgan fingerprint density at radius 1 is 0.932 bits per heavy atom. The number of hydrogen-bond donors (Lipinski definition) is 2. The molecule has 0 saturated carbocycles. The van der Waals surface area contributed by atoms with Gasteiger partial charge in [0.05, 0.1) is 12.6 Å². The Kier molecular flexibility index (Phi) is 12.6. The molecule has 3 amide bonds. The topological polar surface area (TPSA) is 114 Å². The Hall–Kier alpha value is -3.88. The maximum Gasteiger partial charge on any atom is 0.408 e. The first-order chi connectivity index (χ1) is 20.4. The number of ether oxygens (including phenoxy) is 2. The highest BCUT2D eigenvalue weighted by Crippen LogP contribution is 2.25. The van der Waals surface area contributed by atoms with Crippen LogP contribution in [0.25, 0.3) is 10.8 Å². The smallest absolute Gasteiger partial charge is 0.408 e. The van der Waals surface area contributed by atoms with Crippen LogP contribution in [0, 0.1) is 11.3 Å². The van der Waals surface area contributed by atoms with E-state index in [0.29, 0.717) is 0 Å². The third-order valence-corrected chi connectivity index (χ3v) is 7.41. The van der Waals surface area contributed by atoms with Gasteiger partial charge in [-0.1, -0.05) is 88.7 Å². The van der Waals surface area contributed by atoms with Gasteiger partial charge in [-0.25, -0.2) is 9.59 Å². The number of esters is 1.